The van der Waals surface area contributed by atoms with Gasteiger partial charge in [0.1, 0.15) is 6.10 Å². The van der Waals surface area contributed by atoms with Gasteiger partial charge in [-0.05, 0) is 26.2 Å². The summed E-state index contributed by atoms with van der Waals surface area (Å²) in [5.41, 5.74) is 0. The number of fused-ring (bicyclic) bond motifs is 1. The highest BCUT2D eigenvalue weighted by molar-refractivity contribution is 5.73. The summed E-state index contributed by atoms with van der Waals surface area (Å²) < 4.78 is 5.19. The summed E-state index contributed by atoms with van der Waals surface area (Å²) in [4.78, 5) is 23.9. The molecule has 0 aromatic carbocycles. The summed E-state index contributed by atoms with van der Waals surface area (Å²) in [6, 6.07) is -0.0302. The second kappa shape index (κ2) is 3.72. The van der Waals surface area contributed by atoms with Crippen LogP contribution in [0, 0.1) is 5.92 Å². The summed E-state index contributed by atoms with van der Waals surface area (Å²) >= 11 is 0. The number of likely N-dealkylation sites (N-methyl/N-ethyl adjacent to an activating group) is 1. The van der Waals surface area contributed by atoms with Crippen LogP contribution in [-0.4, -0.2) is 40.8 Å². The summed E-state index contributed by atoms with van der Waals surface area (Å²) in [6.07, 6.45) is 1.43. The SMILES string of the molecule is CCN1C(=O)OC2CCC(C(=O)O)CC21. The van der Waals surface area contributed by atoms with Crippen LogP contribution in [0.4, 0.5) is 4.79 Å². The second-order valence-corrected chi connectivity index (χ2v) is 4.12. The van der Waals surface area contributed by atoms with Crippen LogP contribution >= 0.6 is 0 Å². The van der Waals surface area contributed by atoms with Crippen LogP contribution in [0.5, 0.6) is 0 Å². The Labute approximate surface area is 88.0 Å². The number of carboxylic acids is 1. The number of amides is 1. The molecule has 0 radical (unpaired) electrons. The minimum Gasteiger partial charge on any atom is -0.481 e. The zero-order valence-corrected chi connectivity index (χ0v) is 8.68. The van der Waals surface area contributed by atoms with Crippen LogP contribution in [0.1, 0.15) is 26.2 Å². The van der Waals surface area contributed by atoms with Crippen molar-refractivity contribution in [1.82, 2.24) is 4.90 Å². The largest absolute Gasteiger partial charge is 0.481 e. The van der Waals surface area contributed by atoms with Gasteiger partial charge in [0.25, 0.3) is 0 Å². The van der Waals surface area contributed by atoms with E-state index in [1.807, 2.05) is 6.92 Å². The van der Waals surface area contributed by atoms with Crippen LogP contribution < -0.4 is 0 Å². The van der Waals surface area contributed by atoms with Gasteiger partial charge < -0.3 is 14.7 Å². The fourth-order valence-electron chi connectivity index (χ4n) is 2.50. The topological polar surface area (TPSA) is 66.8 Å². The lowest BCUT2D eigenvalue weighted by molar-refractivity contribution is -0.143. The van der Waals surface area contributed by atoms with E-state index in [2.05, 4.69) is 0 Å². The highest BCUT2D eigenvalue weighted by Gasteiger charge is 2.45. The Morgan fingerprint density at radius 2 is 2.33 bits per heavy atom. The van der Waals surface area contributed by atoms with Gasteiger partial charge in [0, 0.05) is 6.54 Å². The van der Waals surface area contributed by atoms with Gasteiger partial charge in [-0.25, -0.2) is 4.79 Å². The van der Waals surface area contributed by atoms with E-state index in [0.29, 0.717) is 25.8 Å². The van der Waals surface area contributed by atoms with E-state index in [9.17, 15) is 9.59 Å². The minimum absolute atomic E-state index is 0.0302. The number of carboxylic acid groups (broad SMARTS) is 1. The molecule has 1 aliphatic heterocycles. The summed E-state index contributed by atoms with van der Waals surface area (Å²) in [5.74, 6) is -1.08. The van der Waals surface area contributed by atoms with Gasteiger partial charge in [-0.2, -0.15) is 0 Å². The molecule has 1 amide bonds. The lowest BCUT2D eigenvalue weighted by Crippen LogP contribution is -2.42. The lowest BCUT2D eigenvalue weighted by Gasteiger charge is -2.30. The smallest absolute Gasteiger partial charge is 0.410 e. The Balaban J connectivity index is 2.09. The number of ether oxygens (including phenoxy) is 1. The zero-order chi connectivity index (χ0) is 11.0. The molecule has 1 aliphatic carbocycles. The third-order valence-electron chi connectivity index (χ3n) is 3.33. The lowest BCUT2D eigenvalue weighted by atomic mass is 9.83. The molecule has 5 heteroatoms. The molecule has 2 rings (SSSR count). The van der Waals surface area contributed by atoms with E-state index in [1.165, 1.54) is 0 Å². The molecule has 3 atom stereocenters. The Kier molecular flexibility index (Phi) is 2.54. The third kappa shape index (κ3) is 1.66. The van der Waals surface area contributed by atoms with Crippen molar-refractivity contribution >= 4 is 12.1 Å². The highest BCUT2D eigenvalue weighted by atomic mass is 16.6. The molecule has 15 heavy (non-hydrogen) atoms. The Bertz CT molecular complexity index is 291. The fourth-order valence-corrected chi connectivity index (χ4v) is 2.50. The quantitative estimate of drug-likeness (QED) is 0.745. The van der Waals surface area contributed by atoms with E-state index in [-0.39, 0.29) is 24.2 Å². The number of hydrogen-bond donors (Lipinski definition) is 1. The van der Waals surface area contributed by atoms with Crippen molar-refractivity contribution in [2.45, 2.75) is 38.3 Å². The number of rotatable bonds is 2. The first-order valence-corrected chi connectivity index (χ1v) is 5.33. The molecule has 1 saturated heterocycles. The van der Waals surface area contributed by atoms with Crippen molar-refractivity contribution in [3.05, 3.63) is 0 Å². The number of carbonyl (C=O) groups excluding carboxylic acids is 1. The Morgan fingerprint density at radius 3 is 2.93 bits per heavy atom. The Morgan fingerprint density at radius 1 is 1.60 bits per heavy atom. The van der Waals surface area contributed by atoms with Gasteiger partial charge in [0.15, 0.2) is 0 Å². The molecule has 0 bridgehead atoms. The second-order valence-electron chi connectivity index (χ2n) is 4.12. The first kappa shape index (κ1) is 10.3. The number of aliphatic carboxylic acids is 1. The molecule has 5 nitrogen and oxygen atoms in total. The van der Waals surface area contributed by atoms with Crippen molar-refractivity contribution < 1.29 is 19.4 Å². The number of carbonyl (C=O) groups is 2. The van der Waals surface area contributed by atoms with Gasteiger partial charge >= 0.3 is 12.1 Å². The zero-order valence-electron chi connectivity index (χ0n) is 8.68. The van der Waals surface area contributed by atoms with E-state index in [1.54, 1.807) is 4.90 Å². The van der Waals surface area contributed by atoms with Crippen LogP contribution in [0.25, 0.3) is 0 Å². The van der Waals surface area contributed by atoms with Gasteiger partial charge in [-0.15, -0.1) is 0 Å². The predicted molar refractivity (Wildman–Crippen MR) is 51.4 cm³/mol. The van der Waals surface area contributed by atoms with E-state index >= 15 is 0 Å². The highest BCUT2D eigenvalue weighted by Crippen LogP contribution is 2.34. The van der Waals surface area contributed by atoms with Crippen molar-refractivity contribution in [2.24, 2.45) is 5.92 Å². The summed E-state index contributed by atoms with van der Waals surface area (Å²) in [7, 11) is 0. The summed E-state index contributed by atoms with van der Waals surface area (Å²) in [5, 5.41) is 8.94. The maximum Gasteiger partial charge on any atom is 0.410 e. The van der Waals surface area contributed by atoms with Gasteiger partial charge in [-0.1, -0.05) is 0 Å². The first-order valence-electron chi connectivity index (χ1n) is 5.33. The molecule has 3 unspecified atom stereocenters. The van der Waals surface area contributed by atoms with Crippen molar-refractivity contribution in [3.8, 4) is 0 Å². The van der Waals surface area contributed by atoms with Crippen molar-refractivity contribution in [1.29, 1.82) is 0 Å². The third-order valence-corrected chi connectivity index (χ3v) is 3.33. The average molecular weight is 213 g/mol. The number of nitrogens with zero attached hydrogens (tertiary/aromatic N) is 1. The normalized spacial score (nSPS) is 34.9. The molecule has 84 valence electrons. The molecular formula is C10H15NO4. The Hall–Kier alpha value is -1.26. The average Bonchev–Trinajstić information content (AvgIpc) is 2.51. The number of hydrogen-bond acceptors (Lipinski definition) is 3. The van der Waals surface area contributed by atoms with Crippen LogP contribution in [0.3, 0.4) is 0 Å². The van der Waals surface area contributed by atoms with Crippen LogP contribution in [0.15, 0.2) is 0 Å². The minimum atomic E-state index is -0.760. The summed E-state index contributed by atoms with van der Waals surface area (Å²) in [6.45, 7) is 2.47. The van der Waals surface area contributed by atoms with E-state index in [0.717, 1.165) is 0 Å². The molecule has 0 spiro atoms. The molecule has 0 aromatic heterocycles. The van der Waals surface area contributed by atoms with E-state index < -0.39 is 5.97 Å². The van der Waals surface area contributed by atoms with Gasteiger partial charge in [0.2, 0.25) is 0 Å². The molecule has 1 heterocycles. The molecule has 2 fully saturated rings. The monoisotopic (exact) mass is 213 g/mol. The van der Waals surface area contributed by atoms with Crippen LogP contribution in [0.2, 0.25) is 0 Å². The standard InChI is InChI=1S/C10H15NO4/c1-2-11-7-5-6(9(12)13)3-4-8(7)15-10(11)14/h6-8H,2-5H2,1H3,(H,12,13). The van der Waals surface area contributed by atoms with Crippen LogP contribution in [-0.2, 0) is 9.53 Å². The molecule has 1 saturated carbocycles. The molecule has 2 aliphatic rings. The van der Waals surface area contributed by atoms with Crippen molar-refractivity contribution in [2.75, 3.05) is 6.54 Å². The van der Waals surface area contributed by atoms with Gasteiger partial charge in [0.05, 0.1) is 12.0 Å². The van der Waals surface area contributed by atoms with Gasteiger partial charge in [-0.3, -0.25) is 4.79 Å². The van der Waals surface area contributed by atoms with E-state index in [4.69, 9.17) is 9.84 Å². The maximum atomic E-state index is 11.4. The molecular weight excluding hydrogens is 198 g/mol. The molecule has 1 N–H and O–H groups in total. The maximum absolute atomic E-state index is 11.4. The molecule has 0 aromatic rings. The first-order chi connectivity index (χ1) is 7.13. The van der Waals surface area contributed by atoms with Crippen molar-refractivity contribution in [3.63, 3.8) is 0 Å². The fraction of sp³-hybridized carbons (Fsp3) is 0.800. The predicted octanol–water partition coefficient (Wildman–Crippen LogP) is 1.08.